The molecule has 32 heavy (non-hydrogen) atoms. The maximum absolute atomic E-state index is 13.4. The van der Waals surface area contributed by atoms with Crippen molar-refractivity contribution >= 4 is 11.8 Å². The van der Waals surface area contributed by atoms with Crippen LogP contribution in [0.3, 0.4) is 0 Å². The number of nitrogens with one attached hydrogen (secondary N) is 1. The summed E-state index contributed by atoms with van der Waals surface area (Å²) >= 11 is 0. The van der Waals surface area contributed by atoms with Crippen LogP contribution in [0, 0.1) is 22.7 Å². The average Bonchev–Trinajstić information content (AvgIpc) is 3.60. The lowest BCUT2D eigenvalue weighted by Crippen LogP contribution is -2.39. The van der Waals surface area contributed by atoms with Gasteiger partial charge in [0.05, 0.1) is 12.2 Å². The number of carbonyl (C=O) groups is 2. The molecule has 2 aliphatic carbocycles. The monoisotopic (exact) mass is 435 g/mol. The molecule has 0 atom stereocenters. The van der Waals surface area contributed by atoms with Gasteiger partial charge in [-0.1, -0.05) is 33.8 Å². The fourth-order valence-electron chi connectivity index (χ4n) is 5.31. The molecule has 7 heteroatoms. The minimum Gasteiger partial charge on any atom is -0.345 e. The second-order valence-corrected chi connectivity index (χ2v) is 10.8. The minimum absolute atomic E-state index is 0.00338. The molecule has 1 aliphatic heterocycles. The molecule has 0 spiro atoms. The van der Waals surface area contributed by atoms with E-state index in [9.17, 15) is 9.59 Å². The summed E-state index contributed by atoms with van der Waals surface area (Å²) in [5.74, 6) is 0.707. The van der Waals surface area contributed by atoms with Crippen LogP contribution in [0.5, 0.6) is 0 Å². The van der Waals surface area contributed by atoms with E-state index >= 15 is 0 Å². The Balaban J connectivity index is 1.37. The Morgan fingerprint density at radius 1 is 1.16 bits per heavy atom. The highest BCUT2D eigenvalue weighted by molar-refractivity contribution is 5.94. The molecule has 170 valence electrons. The molecule has 2 aromatic rings. The van der Waals surface area contributed by atoms with E-state index < -0.39 is 0 Å². The lowest BCUT2D eigenvalue weighted by Gasteiger charge is -2.29. The predicted molar refractivity (Wildman–Crippen MR) is 121 cm³/mol. The van der Waals surface area contributed by atoms with E-state index in [4.69, 9.17) is 5.10 Å². The summed E-state index contributed by atoms with van der Waals surface area (Å²) in [6.07, 6.45) is 4.93. The van der Waals surface area contributed by atoms with Crippen LogP contribution in [0.1, 0.15) is 68.0 Å². The van der Waals surface area contributed by atoms with Gasteiger partial charge in [-0.2, -0.15) is 5.10 Å². The second-order valence-electron chi connectivity index (χ2n) is 10.8. The number of rotatable bonds is 6. The highest BCUT2D eigenvalue weighted by Gasteiger charge is 2.68. The van der Waals surface area contributed by atoms with E-state index in [1.165, 1.54) is 12.8 Å². The molecule has 2 amide bonds. The number of hydrogen-bond acceptors (Lipinski definition) is 4. The molecule has 5 rings (SSSR count). The van der Waals surface area contributed by atoms with Crippen molar-refractivity contribution in [2.45, 2.75) is 66.6 Å². The maximum Gasteiger partial charge on any atom is 0.272 e. The van der Waals surface area contributed by atoms with Crippen molar-refractivity contribution in [3.63, 3.8) is 0 Å². The van der Waals surface area contributed by atoms with Gasteiger partial charge in [-0.3, -0.25) is 19.3 Å². The zero-order valence-corrected chi connectivity index (χ0v) is 19.5. The summed E-state index contributed by atoms with van der Waals surface area (Å²) in [5.41, 5.74) is 3.32. The molecule has 0 radical (unpaired) electrons. The molecule has 0 bridgehead atoms. The first-order chi connectivity index (χ1) is 15.2. The first-order valence-electron chi connectivity index (χ1n) is 11.8. The third kappa shape index (κ3) is 3.51. The molecular formula is C25H33N5O2. The molecule has 7 nitrogen and oxygen atoms in total. The summed E-state index contributed by atoms with van der Waals surface area (Å²) in [6, 6.07) is 5.65. The molecule has 0 aromatic carbocycles. The van der Waals surface area contributed by atoms with Gasteiger partial charge in [0.2, 0.25) is 5.91 Å². The standard InChI is InChI=1S/C25H33N5O2/c1-24(2)21(25(24,3)4)23(32)29-12-10-19-18(15-29)20(28-30(19)14-16-8-9-16)22(31)27-13-17-7-5-6-11-26-17/h5-7,11,16,21H,8-10,12-15H2,1-4H3,(H,27,31). The van der Waals surface area contributed by atoms with Gasteiger partial charge in [0.25, 0.3) is 5.91 Å². The highest BCUT2D eigenvalue weighted by atomic mass is 16.2. The normalized spacial score (nSPS) is 21.2. The Bertz CT molecular complexity index is 1040. The van der Waals surface area contributed by atoms with Gasteiger partial charge in [0, 0.05) is 49.4 Å². The second kappa shape index (κ2) is 7.42. The van der Waals surface area contributed by atoms with Crippen LogP contribution in [-0.4, -0.2) is 38.0 Å². The van der Waals surface area contributed by atoms with Gasteiger partial charge < -0.3 is 10.2 Å². The smallest absolute Gasteiger partial charge is 0.272 e. The molecule has 0 saturated heterocycles. The third-order valence-corrected chi connectivity index (χ3v) is 8.21. The molecule has 2 aromatic heterocycles. The largest absolute Gasteiger partial charge is 0.345 e. The van der Waals surface area contributed by atoms with E-state index in [0.717, 1.165) is 29.9 Å². The minimum atomic E-state index is -0.192. The first-order valence-corrected chi connectivity index (χ1v) is 11.8. The van der Waals surface area contributed by atoms with Crippen LogP contribution < -0.4 is 5.32 Å². The lowest BCUT2D eigenvalue weighted by atomic mass is 10.0. The Morgan fingerprint density at radius 2 is 1.91 bits per heavy atom. The predicted octanol–water partition coefficient (Wildman–Crippen LogP) is 3.19. The van der Waals surface area contributed by atoms with Crippen molar-refractivity contribution < 1.29 is 9.59 Å². The molecule has 3 aliphatic rings. The molecule has 1 N–H and O–H groups in total. The van der Waals surface area contributed by atoms with Crippen molar-refractivity contribution in [3.8, 4) is 0 Å². The van der Waals surface area contributed by atoms with Crippen LogP contribution in [0.4, 0.5) is 0 Å². The number of carbonyl (C=O) groups excluding carboxylic acids is 2. The SMILES string of the molecule is CC1(C)C(C(=O)N2CCc3c(c(C(=O)NCc4ccccn4)nn3CC3CC3)C2)C1(C)C. The van der Waals surface area contributed by atoms with Crippen molar-refractivity contribution in [1.29, 1.82) is 0 Å². The van der Waals surface area contributed by atoms with E-state index in [1.54, 1.807) is 6.20 Å². The summed E-state index contributed by atoms with van der Waals surface area (Å²) in [5, 5.41) is 7.71. The first kappa shape index (κ1) is 21.2. The quantitative estimate of drug-likeness (QED) is 0.756. The summed E-state index contributed by atoms with van der Waals surface area (Å²) < 4.78 is 2.04. The molecule has 2 fully saturated rings. The van der Waals surface area contributed by atoms with E-state index in [2.05, 4.69) is 38.0 Å². The molecule has 0 unspecified atom stereocenters. The van der Waals surface area contributed by atoms with Crippen molar-refractivity contribution in [2.24, 2.45) is 22.7 Å². The van der Waals surface area contributed by atoms with Crippen molar-refractivity contribution in [2.75, 3.05) is 6.54 Å². The number of aromatic nitrogens is 3. The van der Waals surface area contributed by atoms with Gasteiger partial charge >= 0.3 is 0 Å². The average molecular weight is 436 g/mol. The van der Waals surface area contributed by atoms with Gasteiger partial charge in [-0.15, -0.1) is 0 Å². The van der Waals surface area contributed by atoms with Gasteiger partial charge in [0.1, 0.15) is 0 Å². The number of amides is 2. The Hall–Kier alpha value is -2.70. The van der Waals surface area contributed by atoms with Crippen LogP contribution in [-0.2, 0) is 30.8 Å². The molecule has 2 saturated carbocycles. The van der Waals surface area contributed by atoms with Crippen molar-refractivity contribution in [3.05, 3.63) is 47.0 Å². The van der Waals surface area contributed by atoms with E-state index in [1.807, 2.05) is 27.8 Å². The zero-order valence-electron chi connectivity index (χ0n) is 19.5. The van der Waals surface area contributed by atoms with Gasteiger partial charge in [-0.25, -0.2) is 0 Å². The Morgan fingerprint density at radius 3 is 2.53 bits per heavy atom. The van der Waals surface area contributed by atoms with Gasteiger partial charge in [-0.05, 0) is 41.7 Å². The summed E-state index contributed by atoms with van der Waals surface area (Å²) in [7, 11) is 0. The van der Waals surface area contributed by atoms with Crippen LogP contribution >= 0.6 is 0 Å². The van der Waals surface area contributed by atoms with Crippen LogP contribution in [0.25, 0.3) is 0 Å². The summed E-state index contributed by atoms with van der Waals surface area (Å²) in [4.78, 5) is 32.7. The Labute approximate surface area is 189 Å². The molecule has 3 heterocycles. The zero-order chi connectivity index (χ0) is 22.7. The number of nitrogens with zero attached hydrogens (tertiary/aromatic N) is 4. The fraction of sp³-hybridized carbons (Fsp3) is 0.600. The highest BCUT2D eigenvalue weighted by Crippen LogP contribution is 2.68. The molecular weight excluding hydrogens is 402 g/mol. The van der Waals surface area contributed by atoms with Crippen molar-refractivity contribution in [1.82, 2.24) is 25.0 Å². The van der Waals surface area contributed by atoms with Crippen LogP contribution in [0.2, 0.25) is 0 Å². The van der Waals surface area contributed by atoms with Gasteiger partial charge in [0.15, 0.2) is 5.69 Å². The van der Waals surface area contributed by atoms with E-state index in [-0.39, 0.29) is 28.6 Å². The summed E-state index contributed by atoms with van der Waals surface area (Å²) in [6.45, 7) is 11.1. The Kier molecular flexibility index (Phi) is 4.91. The topological polar surface area (TPSA) is 80.1 Å². The van der Waals surface area contributed by atoms with Crippen LogP contribution in [0.15, 0.2) is 24.4 Å². The maximum atomic E-state index is 13.4. The van der Waals surface area contributed by atoms with E-state index in [0.29, 0.717) is 31.2 Å². The third-order valence-electron chi connectivity index (χ3n) is 8.21. The number of fused-ring (bicyclic) bond motifs is 1. The number of pyridine rings is 1. The lowest BCUT2D eigenvalue weighted by molar-refractivity contribution is -0.134. The number of hydrogen-bond donors (Lipinski definition) is 1. The fourth-order valence-corrected chi connectivity index (χ4v) is 5.31.